The van der Waals surface area contributed by atoms with Crippen LogP contribution < -0.4 is 9.74 Å². The number of hydrogen-bond acceptors (Lipinski definition) is 6. The first-order chi connectivity index (χ1) is 13.4. The molecule has 1 fully saturated rings. The van der Waals surface area contributed by atoms with Crippen molar-refractivity contribution >= 4 is 27.4 Å². The van der Waals surface area contributed by atoms with E-state index in [-0.39, 0.29) is 0 Å². The number of piperazine rings is 1. The zero-order chi connectivity index (χ0) is 18.1. The number of rotatable bonds is 5. The van der Waals surface area contributed by atoms with Crippen LogP contribution in [0.4, 0.5) is 5.82 Å². The third kappa shape index (κ3) is 3.52. The Balaban J connectivity index is 1.09. The lowest BCUT2D eigenvalue weighted by molar-refractivity contribution is -0.0449. The summed E-state index contributed by atoms with van der Waals surface area (Å²) >= 11 is 1.61. The molecule has 0 unspecified atom stereocenters. The fraction of sp³-hybridized carbons (Fsp3) is 0.381. The van der Waals surface area contributed by atoms with Gasteiger partial charge in [-0.3, -0.25) is 4.90 Å². The lowest BCUT2D eigenvalue weighted by atomic mass is 10.2. The van der Waals surface area contributed by atoms with E-state index in [1.807, 2.05) is 6.07 Å². The first-order valence-corrected chi connectivity index (χ1v) is 10.5. The van der Waals surface area contributed by atoms with Crippen LogP contribution in [0.2, 0.25) is 0 Å². The summed E-state index contributed by atoms with van der Waals surface area (Å²) in [4.78, 5) is 10.9. The Morgan fingerprint density at radius 1 is 0.926 bits per heavy atom. The summed E-state index contributed by atoms with van der Waals surface area (Å²) in [7, 11) is 0. The Labute approximate surface area is 163 Å². The highest BCUT2D eigenvalue weighted by Crippen LogP contribution is 2.30. The van der Waals surface area contributed by atoms with Gasteiger partial charge >= 0.3 is 0 Å². The van der Waals surface area contributed by atoms with Crippen molar-refractivity contribution in [3.8, 4) is 5.75 Å². The van der Waals surface area contributed by atoms with Crippen LogP contribution in [0.1, 0.15) is 12.0 Å². The van der Waals surface area contributed by atoms with Gasteiger partial charge < -0.3 is 9.74 Å². The van der Waals surface area contributed by atoms with Gasteiger partial charge in [-0.05, 0) is 42.7 Å². The van der Waals surface area contributed by atoms with Crippen molar-refractivity contribution in [1.29, 1.82) is 0 Å². The summed E-state index contributed by atoms with van der Waals surface area (Å²) in [5, 5.41) is 3.38. The molecule has 0 amide bonds. The van der Waals surface area contributed by atoms with Gasteiger partial charge in [0.25, 0.3) is 0 Å². The summed E-state index contributed by atoms with van der Waals surface area (Å²) in [6, 6.07) is 16.9. The average Bonchev–Trinajstić information content (AvgIpc) is 3.32. The van der Waals surface area contributed by atoms with Crippen LogP contribution in [-0.4, -0.2) is 53.6 Å². The SMILES string of the molecule is c1ccc2c(c1)CN(CCCN1CCN(c3nsc4ccccc34)CC1)O2. The normalized spacial score (nSPS) is 18.0. The van der Waals surface area contributed by atoms with Crippen LogP contribution in [0, 0.1) is 0 Å². The summed E-state index contributed by atoms with van der Waals surface area (Å²) in [5.41, 5.74) is 1.29. The van der Waals surface area contributed by atoms with E-state index in [0.29, 0.717) is 0 Å². The largest absolute Gasteiger partial charge is 0.405 e. The van der Waals surface area contributed by atoms with E-state index in [0.717, 1.165) is 58.0 Å². The Morgan fingerprint density at radius 3 is 2.63 bits per heavy atom. The van der Waals surface area contributed by atoms with E-state index in [1.165, 1.54) is 21.5 Å². The highest BCUT2D eigenvalue weighted by atomic mass is 32.1. The Kier molecular flexibility index (Phi) is 4.69. The van der Waals surface area contributed by atoms with Crippen molar-refractivity contribution in [2.75, 3.05) is 44.2 Å². The summed E-state index contributed by atoms with van der Waals surface area (Å²) < 4.78 is 5.98. The highest BCUT2D eigenvalue weighted by Gasteiger charge is 2.22. The number of anilines is 1. The van der Waals surface area contributed by atoms with Gasteiger partial charge in [0.2, 0.25) is 0 Å². The number of nitrogens with zero attached hydrogens (tertiary/aromatic N) is 4. The van der Waals surface area contributed by atoms with Crippen molar-refractivity contribution in [2.45, 2.75) is 13.0 Å². The van der Waals surface area contributed by atoms with Crippen molar-refractivity contribution in [2.24, 2.45) is 0 Å². The number of fused-ring (bicyclic) bond motifs is 2. The van der Waals surface area contributed by atoms with Gasteiger partial charge in [0.15, 0.2) is 5.75 Å². The summed E-state index contributed by atoms with van der Waals surface area (Å²) in [5.74, 6) is 2.18. The minimum Gasteiger partial charge on any atom is -0.405 e. The first-order valence-electron chi connectivity index (χ1n) is 9.69. The fourth-order valence-electron chi connectivity index (χ4n) is 3.96. The second kappa shape index (κ2) is 7.46. The molecule has 3 aromatic rings. The van der Waals surface area contributed by atoms with Gasteiger partial charge in [-0.1, -0.05) is 30.3 Å². The van der Waals surface area contributed by atoms with Crippen LogP contribution in [0.5, 0.6) is 5.75 Å². The monoisotopic (exact) mass is 380 g/mol. The van der Waals surface area contributed by atoms with Crippen LogP contribution in [0.3, 0.4) is 0 Å². The molecule has 5 rings (SSSR count). The van der Waals surface area contributed by atoms with Crippen molar-refractivity contribution in [1.82, 2.24) is 14.3 Å². The van der Waals surface area contributed by atoms with Gasteiger partial charge in [0, 0.05) is 43.7 Å². The van der Waals surface area contributed by atoms with Crippen LogP contribution >= 0.6 is 11.5 Å². The quantitative estimate of drug-likeness (QED) is 0.675. The topological polar surface area (TPSA) is 31.8 Å². The minimum absolute atomic E-state index is 0.904. The maximum Gasteiger partial charge on any atom is 0.152 e. The molecule has 3 heterocycles. The van der Waals surface area contributed by atoms with Gasteiger partial charge in [0.1, 0.15) is 5.82 Å². The molecule has 0 saturated carbocycles. The number of hydroxylamine groups is 2. The van der Waals surface area contributed by atoms with E-state index in [9.17, 15) is 0 Å². The first kappa shape index (κ1) is 17.0. The second-order valence-electron chi connectivity index (χ2n) is 7.25. The molecule has 2 aliphatic rings. The predicted octanol–water partition coefficient (Wildman–Crippen LogP) is 3.62. The molecule has 2 aromatic carbocycles. The number of hydrogen-bond donors (Lipinski definition) is 0. The van der Waals surface area contributed by atoms with Crippen LogP contribution in [0.25, 0.3) is 10.1 Å². The molecular formula is C21H24N4OS. The third-order valence-electron chi connectivity index (χ3n) is 5.46. The van der Waals surface area contributed by atoms with Crippen molar-refractivity contribution in [3.63, 3.8) is 0 Å². The van der Waals surface area contributed by atoms with Crippen molar-refractivity contribution < 1.29 is 4.84 Å². The Bertz CT molecular complexity index is 894. The van der Waals surface area contributed by atoms with E-state index in [1.54, 1.807) is 11.5 Å². The molecule has 0 bridgehead atoms. The molecule has 1 saturated heterocycles. The maximum absolute atomic E-state index is 5.90. The third-order valence-corrected chi connectivity index (χ3v) is 6.28. The highest BCUT2D eigenvalue weighted by molar-refractivity contribution is 7.13. The molecule has 1 aromatic heterocycles. The molecule has 0 N–H and O–H groups in total. The average molecular weight is 381 g/mol. The Morgan fingerprint density at radius 2 is 1.74 bits per heavy atom. The molecule has 2 aliphatic heterocycles. The van der Waals surface area contributed by atoms with Crippen LogP contribution in [-0.2, 0) is 6.54 Å². The summed E-state index contributed by atoms with van der Waals surface area (Å²) in [6.45, 7) is 7.33. The number of benzene rings is 2. The molecule has 5 nitrogen and oxygen atoms in total. The lowest BCUT2D eigenvalue weighted by Gasteiger charge is -2.35. The van der Waals surface area contributed by atoms with E-state index < -0.39 is 0 Å². The molecule has 0 aliphatic carbocycles. The molecule has 0 spiro atoms. The second-order valence-corrected chi connectivity index (χ2v) is 8.05. The molecule has 6 heteroatoms. The smallest absolute Gasteiger partial charge is 0.152 e. The fourth-order valence-corrected chi connectivity index (χ4v) is 4.76. The zero-order valence-electron chi connectivity index (χ0n) is 15.4. The molecule has 0 radical (unpaired) electrons. The minimum atomic E-state index is 0.904. The van der Waals surface area contributed by atoms with Gasteiger partial charge in [0.05, 0.1) is 11.2 Å². The van der Waals surface area contributed by atoms with Crippen molar-refractivity contribution in [3.05, 3.63) is 54.1 Å². The predicted molar refractivity (Wildman–Crippen MR) is 110 cm³/mol. The molecule has 140 valence electrons. The standard InChI is InChI=1S/C21H24N4OS/c1-3-8-19-17(6-1)16-25(26-19)11-5-10-23-12-14-24(15-13-23)21-18-7-2-4-9-20(18)27-22-21/h1-4,6-9H,5,10-16H2. The van der Waals surface area contributed by atoms with Gasteiger partial charge in [-0.25, -0.2) is 0 Å². The maximum atomic E-state index is 5.90. The van der Waals surface area contributed by atoms with Gasteiger partial charge in [-0.2, -0.15) is 4.37 Å². The van der Waals surface area contributed by atoms with E-state index in [4.69, 9.17) is 9.21 Å². The number of para-hydroxylation sites is 1. The van der Waals surface area contributed by atoms with Gasteiger partial charge in [-0.15, -0.1) is 5.06 Å². The van der Waals surface area contributed by atoms with E-state index >= 15 is 0 Å². The summed E-state index contributed by atoms with van der Waals surface area (Å²) in [6.07, 6.45) is 1.13. The van der Waals surface area contributed by atoms with Crippen LogP contribution in [0.15, 0.2) is 48.5 Å². The van der Waals surface area contributed by atoms with E-state index in [2.05, 4.69) is 57.3 Å². The Hall–Kier alpha value is -2.15. The molecule has 0 atom stereocenters. The molecular weight excluding hydrogens is 356 g/mol. The number of aromatic nitrogens is 1. The zero-order valence-corrected chi connectivity index (χ0v) is 16.2. The molecule has 27 heavy (non-hydrogen) atoms. The lowest BCUT2D eigenvalue weighted by Crippen LogP contribution is -2.47.